The molecule has 8 heteroatoms. The van der Waals surface area contributed by atoms with Crippen molar-refractivity contribution in [3.8, 4) is 0 Å². The molecule has 0 aromatic carbocycles. The molecule has 0 bridgehead atoms. The fraction of sp³-hybridized carbons (Fsp3) is 0.385. The zero-order valence-electron chi connectivity index (χ0n) is 11.2. The van der Waals surface area contributed by atoms with Crippen LogP contribution in [0, 0.1) is 0 Å². The quantitative estimate of drug-likeness (QED) is 0.754. The number of halogens is 1. The average molecular weight is 343 g/mol. The van der Waals surface area contributed by atoms with E-state index in [1.54, 1.807) is 0 Å². The molecule has 0 aliphatic heterocycles. The van der Waals surface area contributed by atoms with Gasteiger partial charge in [-0.25, -0.2) is 4.98 Å². The van der Waals surface area contributed by atoms with Crippen LogP contribution in [0.3, 0.4) is 0 Å². The lowest BCUT2D eigenvalue weighted by Gasteiger charge is -2.02. The molecule has 1 saturated carbocycles. The van der Waals surface area contributed by atoms with Gasteiger partial charge < -0.3 is 16.4 Å². The first-order valence-electron chi connectivity index (χ1n) is 6.67. The van der Waals surface area contributed by atoms with Gasteiger partial charge in [-0.2, -0.15) is 0 Å². The average Bonchev–Trinajstić information content (AvgIpc) is 3.03. The van der Waals surface area contributed by atoms with E-state index in [4.69, 9.17) is 17.3 Å². The highest BCUT2D eigenvalue weighted by Crippen LogP contribution is 2.30. The van der Waals surface area contributed by atoms with Gasteiger partial charge in [0.25, 0.3) is 5.91 Å². The first-order valence-corrected chi connectivity index (χ1v) is 8.68. The molecule has 2 aromatic heterocycles. The van der Waals surface area contributed by atoms with Gasteiger partial charge in [0, 0.05) is 17.5 Å². The van der Waals surface area contributed by atoms with Gasteiger partial charge in [-0.15, -0.1) is 11.3 Å². The Labute approximate surface area is 135 Å². The van der Waals surface area contributed by atoms with E-state index < -0.39 is 0 Å². The first kappa shape index (κ1) is 14.6. The van der Waals surface area contributed by atoms with Gasteiger partial charge in [0.1, 0.15) is 10.7 Å². The Morgan fingerprint density at radius 1 is 1.43 bits per heavy atom. The van der Waals surface area contributed by atoms with Crippen LogP contribution in [-0.2, 0) is 6.42 Å². The van der Waals surface area contributed by atoms with Gasteiger partial charge in [-0.05, 0) is 31.4 Å². The monoisotopic (exact) mass is 342 g/mol. The largest absolute Gasteiger partial charge is 0.382 e. The third kappa shape index (κ3) is 3.87. The predicted octanol–water partition coefficient (Wildman–Crippen LogP) is 2.99. The second-order valence-corrected chi connectivity index (χ2v) is 7.66. The summed E-state index contributed by atoms with van der Waals surface area (Å²) in [6, 6.07) is 4.33. The van der Waals surface area contributed by atoms with E-state index in [0.29, 0.717) is 23.3 Å². The molecule has 1 aliphatic rings. The van der Waals surface area contributed by atoms with Crippen molar-refractivity contribution in [1.82, 2.24) is 10.3 Å². The van der Waals surface area contributed by atoms with Crippen molar-refractivity contribution in [3.63, 3.8) is 0 Å². The third-order valence-corrected chi connectivity index (χ3v) is 5.34. The molecule has 0 atom stereocenters. The maximum atomic E-state index is 12.1. The number of amides is 1. The van der Waals surface area contributed by atoms with E-state index in [1.807, 2.05) is 12.1 Å². The summed E-state index contributed by atoms with van der Waals surface area (Å²) in [5.74, 6) is 0.122. The van der Waals surface area contributed by atoms with Crippen LogP contribution in [-0.4, -0.2) is 23.5 Å². The molecule has 0 spiro atoms. The van der Waals surface area contributed by atoms with Crippen LogP contribution in [0.15, 0.2) is 12.1 Å². The number of hydrogen-bond donors (Lipinski definition) is 3. The van der Waals surface area contributed by atoms with Gasteiger partial charge in [-0.1, -0.05) is 22.9 Å². The summed E-state index contributed by atoms with van der Waals surface area (Å²) in [6.07, 6.45) is 3.07. The summed E-state index contributed by atoms with van der Waals surface area (Å²) in [7, 11) is 0. The molecule has 1 fully saturated rings. The number of nitrogens with one attached hydrogen (secondary N) is 2. The SMILES string of the molecule is Nc1nc(NC2CC2)sc1C(=O)NCCc1ccc(Cl)s1. The Hall–Kier alpha value is -1.31. The summed E-state index contributed by atoms with van der Waals surface area (Å²) >= 11 is 8.70. The van der Waals surface area contributed by atoms with Crippen molar-refractivity contribution < 1.29 is 4.79 Å². The van der Waals surface area contributed by atoms with E-state index in [-0.39, 0.29) is 5.91 Å². The summed E-state index contributed by atoms with van der Waals surface area (Å²) in [5, 5.41) is 6.85. The molecule has 3 rings (SSSR count). The summed E-state index contributed by atoms with van der Waals surface area (Å²) in [4.78, 5) is 17.9. The van der Waals surface area contributed by atoms with Crippen molar-refractivity contribution in [3.05, 3.63) is 26.2 Å². The minimum absolute atomic E-state index is 0.170. The van der Waals surface area contributed by atoms with Crippen LogP contribution >= 0.6 is 34.3 Å². The number of nitrogen functional groups attached to an aromatic ring is 1. The van der Waals surface area contributed by atoms with E-state index in [2.05, 4.69) is 15.6 Å². The lowest BCUT2D eigenvalue weighted by Crippen LogP contribution is -2.25. The maximum Gasteiger partial charge on any atom is 0.265 e. The third-order valence-electron chi connectivity index (χ3n) is 3.05. The molecule has 0 radical (unpaired) electrons. The molecule has 4 N–H and O–H groups in total. The van der Waals surface area contributed by atoms with Crippen molar-refractivity contribution in [2.75, 3.05) is 17.6 Å². The van der Waals surface area contributed by atoms with E-state index in [1.165, 1.54) is 22.7 Å². The number of anilines is 2. The Morgan fingerprint density at radius 3 is 2.90 bits per heavy atom. The van der Waals surface area contributed by atoms with Crippen molar-refractivity contribution in [2.45, 2.75) is 25.3 Å². The summed E-state index contributed by atoms with van der Waals surface area (Å²) in [5.41, 5.74) is 5.81. The zero-order chi connectivity index (χ0) is 14.8. The number of aromatic nitrogens is 1. The van der Waals surface area contributed by atoms with Gasteiger partial charge in [-0.3, -0.25) is 4.79 Å². The fourth-order valence-corrected chi connectivity index (χ4v) is 3.79. The summed E-state index contributed by atoms with van der Waals surface area (Å²) < 4.78 is 0.763. The molecule has 112 valence electrons. The Kier molecular flexibility index (Phi) is 4.32. The minimum Gasteiger partial charge on any atom is -0.382 e. The van der Waals surface area contributed by atoms with Crippen molar-refractivity contribution in [1.29, 1.82) is 0 Å². The Morgan fingerprint density at radius 2 is 2.24 bits per heavy atom. The number of rotatable bonds is 6. The first-order chi connectivity index (χ1) is 10.1. The van der Waals surface area contributed by atoms with Crippen molar-refractivity contribution >= 4 is 51.1 Å². The fourth-order valence-electron chi connectivity index (χ4n) is 1.82. The summed E-state index contributed by atoms with van der Waals surface area (Å²) in [6.45, 7) is 0.554. The highest BCUT2D eigenvalue weighted by Gasteiger charge is 2.24. The van der Waals surface area contributed by atoms with Gasteiger partial charge >= 0.3 is 0 Å². The number of carbonyl (C=O) groups is 1. The number of nitrogens with zero attached hydrogens (tertiary/aromatic N) is 1. The van der Waals surface area contributed by atoms with E-state index >= 15 is 0 Å². The van der Waals surface area contributed by atoms with Crippen molar-refractivity contribution in [2.24, 2.45) is 0 Å². The highest BCUT2D eigenvalue weighted by molar-refractivity contribution is 7.18. The van der Waals surface area contributed by atoms with Gasteiger partial charge in [0.05, 0.1) is 4.34 Å². The predicted molar refractivity (Wildman–Crippen MR) is 88.5 cm³/mol. The number of thiophene rings is 1. The van der Waals surface area contributed by atoms with E-state index in [0.717, 1.165) is 33.6 Å². The zero-order valence-corrected chi connectivity index (χ0v) is 13.6. The molecule has 0 unspecified atom stereocenters. The van der Waals surface area contributed by atoms with Crippen LogP contribution in [0.4, 0.5) is 10.9 Å². The van der Waals surface area contributed by atoms with E-state index in [9.17, 15) is 4.79 Å². The Balaban J connectivity index is 1.53. The van der Waals surface area contributed by atoms with Crippen LogP contribution in [0.5, 0.6) is 0 Å². The second-order valence-electron chi connectivity index (χ2n) is 4.86. The lowest BCUT2D eigenvalue weighted by molar-refractivity contribution is 0.0959. The number of thiazole rings is 1. The number of nitrogens with two attached hydrogens (primary N) is 1. The lowest BCUT2D eigenvalue weighted by atomic mass is 10.3. The second kappa shape index (κ2) is 6.21. The number of carbonyl (C=O) groups excluding carboxylic acids is 1. The standard InChI is InChI=1S/C13H15ClN4OS2/c14-9-4-3-8(20-9)5-6-16-12(19)10-11(15)18-13(21-10)17-7-1-2-7/h3-4,7H,1-2,5-6,15H2,(H,16,19)(H,17,18). The van der Waals surface area contributed by atoms with Gasteiger partial charge in [0.15, 0.2) is 5.13 Å². The molecule has 1 aliphatic carbocycles. The molecule has 1 amide bonds. The topological polar surface area (TPSA) is 80.0 Å². The van der Waals surface area contributed by atoms with Gasteiger partial charge in [0.2, 0.25) is 0 Å². The molecular formula is C13H15ClN4OS2. The number of hydrogen-bond acceptors (Lipinski definition) is 6. The van der Waals surface area contributed by atoms with Crippen LogP contribution in [0.2, 0.25) is 4.34 Å². The van der Waals surface area contributed by atoms with Crippen LogP contribution < -0.4 is 16.4 Å². The molecular weight excluding hydrogens is 328 g/mol. The normalized spacial score (nSPS) is 14.1. The minimum atomic E-state index is -0.170. The highest BCUT2D eigenvalue weighted by atomic mass is 35.5. The maximum absolute atomic E-state index is 12.1. The smallest absolute Gasteiger partial charge is 0.265 e. The molecule has 21 heavy (non-hydrogen) atoms. The Bertz CT molecular complexity index is 650. The molecule has 2 heterocycles. The molecule has 5 nitrogen and oxygen atoms in total. The molecule has 0 saturated heterocycles. The van der Waals surface area contributed by atoms with Crippen LogP contribution in [0.25, 0.3) is 0 Å². The van der Waals surface area contributed by atoms with Crippen LogP contribution in [0.1, 0.15) is 27.4 Å². The molecule has 2 aromatic rings.